The van der Waals surface area contributed by atoms with Gasteiger partial charge in [-0.15, -0.1) is 0 Å². The Morgan fingerprint density at radius 2 is 2.07 bits per heavy atom. The Bertz CT molecular complexity index is 196. The molecule has 0 aromatic rings. The molecule has 0 spiro atoms. The Hall–Kier alpha value is -0.180. The third-order valence-electron chi connectivity index (χ3n) is 1.40. The molecule has 0 aliphatic carbocycles. The first kappa shape index (κ1) is 13.8. The van der Waals surface area contributed by atoms with Gasteiger partial charge in [0.05, 0.1) is 12.9 Å². The van der Waals surface area contributed by atoms with Crippen LogP contribution in [0.3, 0.4) is 0 Å². The lowest BCUT2D eigenvalue weighted by molar-refractivity contribution is -0.0127. The van der Waals surface area contributed by atoms with Crippen LogP contribution in [-0.4, -0.2) is 13.4 Å². The molecule has 0 unspecified atom stereocenters. The summed E-state index contributed by atoms with van der Waals surface area (Å²) in [5.74, 6) is 0. The second kappa shape index (κ2) is 9.38. The lowest BCUT2D eigenvalue weighted by atomic mass is 10.3. The molecule has 0 amide bonds. The fraction of sp³-hybridized carbons (Fsp3) is 0.600. The molecule has 14 heavy (non-hydrogen) atoms. The minimum absolute atomic E-state index is 0.217. The highest BCUT2D eigenvalue weighted by Gasteiger charge is 1.88. The molecule has 0 N–H and O–H groups in total. The lowest BCUT2D eigenvalue weighted by Crippen LogP contribution is -1.97. The average molecular weight is 239 g/mol. The van der Waals surface area contributed by atoms with Crippen LogP contribution < -0.4 is 0 Å². The SMILES string of the molecule is CCCCOCOC=C(C)C=C(Cl)Cl. The highest BCUT2D eigenvalue weighted by molar-refractivity contribution is 6.56. The summed E-state index contributed by atoms with van der Waals surface area (Å²) in [6.45, 7) is 4.96. The highest BCUT2D eigenvalue weighted by Crippen LogP contribution is 2.10. The van der Waals surface area contributed by atoms with Gasteiger partial charge in [0.15, 0.2) is 6.79 Å². The van der Waals surface area contributed by atoms with E-state index in [4.69, 9.17) is 32.7 Å². The van der Waals surface area contributed by atoms with Gasteiger partial charge in [0, 0.05) is 0 Å². The molecule has 4 heteroatoms. The largest absolute Gasteiger partial charge is 0.475 e. The summed E-state index contributed by atoms with van der Waals surface area (Å²) in [5.41, 5.74) is 0.851. The maximum absolute atomic E-state index is 5.45. The Morgan fingerprint density at radius 1 is 1.36 bits per heavy atom. The van der Waals surface area contributed by atoms with Gasteiger partial charge in [0.2, 0.25) is 0 Å². The quantitative estimate of drug-likeness (QED) is 0.289. The Labute approximate surface area is 95.5 Å². The van der Waals surface area contributed by atoms with Gasteiger partial charge in [-0.1, -0.05) is 36.5 Å². The zero-order chi connectivity index (χ0) is 10.8. The van der Waals surface area contributed by atoms with Crippen molar-refractivity contribution in [2.24, 2.45) is 0 Å². The Balaban J connectivity index is 3.47. The number of allylic oxidation sites excluding steroid dienone is 2. The molecule has 0 bridgehead atoms. The molecule has 0 aliphatic heterocycles. The second-order valence-corrected chi connectivity index (χ2v) is 3.85. The van der Waals surface area contributed by atoms with Crippen LogP contribution in [-0.2, 0) is 9.47 Å². The summed E-state index contributed by atoms with van der Waals surface area (Å²) in [6.07, 6.45) is 5.35. The molecule has 82 valence electrons. The van der Waals surface area contributed by atoms with E-state index in [1.165, 1.54) is 0 Å². The van der Waals surface area contributed by atoms with E-state index in [0.717, 1.165) is 25.0 Å². The molecular formula is C10H16Cl2O2. The van der Waals surface area contributed by atoms with Crippen LogP contribution in [0.15, 0.2) is 22.4 Å². The van der Waals surface area contributed by atoms with Gasteiger partial charge in [-0.3, -0.25) is 0 Å². The smallest absolute Gasteiger partial charge is 0.188 e. The molecule has 2 nitrogen and oxygen atoms in total. The summed E-state index contributed by atoms with van der Waals surface area (Å²) < 4.78 is 10.5. The van der Waals surface area contributed by atoms with Crippen molar-refractivity contribution in [1.29, 1.82) is 0 Å². The molecule has 0 aromatic heterocycles. The average Bonchev–Trinajstić information content (AvgIpc) is 2.10. The van der Waals surface area contributed by atoms with Gasteiger partial charge in [-0.05, 0) is 25.0 Å². The fourth-order valence-corrected chi connectivity index (χ4v) is 1.07. The summed E-state index contributed by atoms with van der Waals surface area (Å²) in [6, 6.07) is 0. The van der Waals surface area contributed by atoms with E-state index in [9.17, 15) is 0 Å². The van der Waals surface area contributed by atoms with Crippen LogP contribution in [0, 0.1) is 0 Å². The molecule has 0 aromatic carbocycles. The van der Waals surface area contributed by atoms with Gasteiger partial charge in [-0.2, -0.15) is 0 Å². The number of hydrogen-bond acceptors (Lipinski definition) is 2. The van der Waals surface area contributed by atoms with E-state index in [1.54, 1.807) is 12.3 Å². The second-order valence-electron chi connectivity index (χ2n) is 2.84. The van der Waals surface area contributed by atoms with E-state index >= 15 is 0 Å². The first-order valence-electron chi connectivity index (χ1n) is 4.55. The van der Waals surface area contributed by atoms with Crippen molar-refractivity contribution in [3.8, 4) is 0 Å². The summed E-state index contributed by atoms with van der Waals surface area (Å²) in [7, 11) is 0. The predicted octanol–water partition coefficient (Wildman–Crippen LogP) is 4.00. The van der Waals surface area contributed by atoms with Gasteiger partial charge in [-0.25, -0.2) is 0 Å². The van der Waals surface area contributed by atoms with Crippen molar-refractivity contribution >= 4 is 23.2 Å². The van der Waals surface area contributed by atoms with Crippen molar-refractivity contribution in [3.05, 3.63) is 22.4 Å². The Kier molecular flexibility index (Phi) is 9.26. The van der Waals surface area contributed by atoms with E-state index in [-0.39, 0.29) is 11.3 Å². The third-order valence-corrected chi connectivity index (χ3v) is 1.62. The van der Waals surface area contributed by atoms with Crippen molar-refractivity contribution < 1.29 is 9.47 Å². The number of hydrogen-bond donors (Lipinski definition) is 0. The summed E-state index contributed by atoms with van der Waals surface area (Å²) >= 11 is 10.9. The predicted molar refractivity (Wildman–Crippen MR) is 60.4 cm³/mol. The first-order valence-corrected chi connectivity index (χ1v) is 5.31. The number of ether oxygens (including phenoxy) is 2. The van der Waals surface area contributed by atoms with Crippen LogP contribution in [0.4, 0.5) is 0 Å². The van der Waals surface area contributed by atoms with Crippen LogP contribution in [0.2, 0.25) is 0 Å². The molecular weight excluding hydrogens is 223 g/mol. The molecule has 0 aliphatic rings. The molecule has 0 fully saturated rings. The minimum Gasteiger partial charge on any atom is -0.475 e. The normalized spacial score (nSPS) is 11.3. The molecule has 0 saturated heterocycles. The maximum Gasteiger partial charge on any atom is 0.188 e. The van der Waals surface area contributed by atoms with Gasteiger partial charge >= 0.3 is 0 Å². The highest BCUT2D eigenvalue weighted by atomic mass is 35.5. The van der Waals surface area contributed by atoms with Gasteiger partial charge in [0.1, 0.15) is 4.49 Å². The standard InChI is InChI=1S/C10H16Cl2O2/c1-3-4-5-13-8-14-7-9(2)6-10(11)12/h6-7H,3-5,8H2,1-2H3. The number of rotatable bonds is 7. The molecule has 0 radical (unpaired) electrons. The van der Waals surface area contributed by atoms with Gasteiger partial charge < -0.3 is 9.47 Å². The minimum atomic E-state index is 0.217. The zero-order valence-corrected chi connectivity index (χ0v) is 10.1. The number of unbranched alkanes of at least 4 members (excludes halogenated alkanes) is 1. The summed E-state index contributed by atoms with van der Waals surface area (Å²) in [4.78, 5) is 0. The molecule has 0 saturated carbocycles. The van der Waals surface area contributed by atoms with E-state index in [0.29, 0.717) is 0 Å². The maximum atomic E-state index is 5.45. The number of halogens is 2. The topological polar surface area (TPSA) is 18.5 Å². The summed E-state index contributed by atoms with van der Waals surface area (Å²) in [5, 5.41) is 0. The van der Waals surface area contributed by atoms with Crippen molar-refractivity contribution in [3.63, 3.8) is 0 Å². The molecule has 0 heterocycles. The van der Waals surface area contributed by atoms with E-state index in [2.05, 4.69) is 6.92 Å². The molecule has 0 atom stereocenters. The van der Waals surface area contributed by atoms with E-state index < -0.39 is 0 Å². The van der Waals surface area contributed by atoms with Crippen LogP contribution >= 0.6 is 23.2 Å². The fourth-order valence-electron chi connectivity index (χ4n) is 0.725. The monoisotopic (exact) mass is 238 g/mol. The van der Waals surface area contributed by atoms with Crippen LogP contribution in [0.25, 0.3) is 0 Å². The molecule has 0 rings (SSSR count). The zero-order valence-electron chi connectivity index (χ0n) is 8.56. The van der Waals surface area contributed by atoms with Crippen LogP contribution in [0.5, 0.6) is 0 Å². The van der Waals surface area contributed by atoms with Crippen LogP contribution in [0.1, 0.15) is 26.7 Å². The third kappa shape index (κ3) is 9.90. The van der Waals surface area contributed by atoms with Crippen molar-refractivity contribution in [1.82, 2.24) is 0 Å². The lowest BCUT2D eigenvalue weighted by Gasteiger charge is -2.02. The van der Waals surface area contributed by atoms with Crippen molar-refractivity contribution in [2.75, 3.05) is 13.4 Å². The first-order chi connectivity index (χ1) is 6.66. The van der Waals surface area contributed by atoms with Crippen molar-refractivity contribution in [2.45, 2.75) is 26.7 Å². The van der Waals surface area contributed by atoms with Gasteiger partial charge in [0.25, 0.3) is 0 Å². The Morgan fingerprint density at radius 3 is 2.64 bits per heavy atom. The van der Waals surface area contributed by atoms with E-state index in [1.807, 2.05) is 6.92 Å².